The molecule has 0 radical (unpaired) electrons. The molecule has 1 aromatic rings. The van der Waals surface area contributed by atoms with Crippen molar-refractivity contribution >= 4 is 27.3 Å². The van der Waals surface area contributed by atoms with Crippen LogP contribution in [0.2, 0.25) is 0 Å². The smallest absolute Gasteiger partial charge is 0.0701 e. The van der Waals surface area contributed by atoms with Crippen molar-refractivity contribution < 1.29 is 0 Å². The van der Waals surface area contributed by atoms with Crippen LogP contribution in [0.5, 0.6) is 0 Å². The molecule has 1 heterocycles. The van der Waals surface area contributed by atoms with E-state index in [1.54, 1.807) is 11.3 Å². The summed E-state index contributed by atoms with van der Waals surface area (Å²) in [6.45, 7) is 4.58. The highest BCUT2D eigenvalue weighted by Gasteiger charge is 2.17. The minimum absolute atomic E-state index is 0.974. The molecular weight excluding hydrogens is 294 g/mol. The first-order chi connectivity index (χ1) is 8.24. The van der Waals surface area contributed by atoms with Gasteiger partial charge in [0.15, 0.2) is 0 Å². The van der Waals surface area contributed by atoms with Crippen molar-refractivity contribution in [3.63, 3.8) is 0 Å². The van der Waals surface area contributed by atoms with E-state index in [2.05, 4.69) is 39.6 Å². The molecule has 1 fully saturated rings. The summed E-state index contributed by atoms with van der Waals surface area (Å²) in [7, 11) is 0. The SMILES string of the molecule is CC1CCC(CCNCc2csc(Br)c2)CC1. The Hall–Kier alpha value is 0.140. The van der Waals surface area contributed by atoms with Gasteiger partial charge >= 0.3 is 0 Å². The lowest BCUT2D eigenvalue weighted by Crippen LogP contribution is -2.20. The first-order valence-electron chi connectivity index (χ1n) is 6.67. The van der Waals surface area contributed by atoms with Gasteiger partial charge in [0, 0.05) is 6.54 Å². The van der Waals surface area contributed by atoms with Crippen molar-refractivity contribution in [1.29, 1.82) is 0 Å². The Kier molecular flexibility index (Phi) is 5.51. The Bertz CT molecular complexity index is 329. The van der Waals surface area contributed by atoms with E-state index in [0.717, 1.165) is 18.4 Å². The van der Waals surface area contributed by atoms with E-state index in [1.165, 1.54) is 48.0 Å². The number of nitrogens with one attached hydrogen (secondary N) is 1. The average Bonchev–Trinajstić information content (AvgIpc) is 2.73. The number of hydrogen-bond donors (Lipinski definition) is 1. The number of hydrogen-bond acceptors (Lipinski definition) is 2. The maximum Gasteiger partial charge on any atom is 0.0701 e. The third-order valence-corrected chi connectivity index (χ3v) is 5.37. The van der Waals surface area contributed by atoms with E-state index in [9.17, 15) is 0 Å². The zero-order valence-electron chi connectivity index (χ0n) is 10.5. The van der Waals surface area contributed by atoms with Crippen LogP contribution >= 0.6 is 27.3 Å². The standard InChI is InChI=1S/C14H22BrNS/c1-11-2-4-12(5-3-11)6-7-16-9-13-8-14(15)17-10-13/h8,10-12,16H,2-7,9H2,1H3. The fraction of sp³-hybridized carbons (Fsp3) is 0.714. The van der Waals surface area contributed by atoms with Crippen molar-refractivity contribution in [3.8, 4) is 0 Å². The van der Waals surface area contributed by atoms with Gasteiger partial charge in [-0.05, 0) is 57.7 Å². The Morgan fingerprint density at radius 2 is 2.12 bits per heavy atom. The first-order valence-corrected chi connectivity index (χ1v) is 8.35. The number of thiophene rings is 1. The number of rotatable bonds is 5. The lowest BCUT2D eigenvalue weighted by Gasteiger charge is -2.26. The van der Waals surface area contributed by atoms with E-state index < -0.39 is 0 Å². The van der Waals surface area contributed by atoms with Gasteiger partial charge in [-0.1, -0.05) is 32.6 Å². The molecule has 0 unspecified atom stereocenters. The van der Waals surface area contributed by atoms with Crippen LogP contribution in [0.4, 0.5) is 0 Å². The molecule has 0 spiro atoms. The molecule has 1 aromatic heterocycles. The molecule has 0 saturated heterocycles. The van der Waals surface area contributed by atoms with Gasteiger partial charge in [0.25, 0.3) is 0 Å². The van der Waals surface area contributed by atoms with Gasteiger partial charge in [-0.15, -0.1) is 11.3 Å². The molecule has 1 aliphatic rings. The molecule has 0 atom stereocenters. The van der Waals surface area contributed by atoms with Gasteiger partial charge in [-0.2, -0.15) is 0 Å². The Balaban J connectivity index is 1.57. The van der Waals surface area contributed by atoms with Crippen LogP contribution in [0.25, 0.3) is 0 Å². The Morgan fingerprint density at radius 3 is 2.76 bits per heavy atom. The van der Waals surface area contributed by atoms with E-state index in [-0.39, 0.29) is 0 Å². The van der Waals surface area contributed by atoms with Crippen LogP contribution in [-0.2, 0) is 6.54 Å². The van der Waals surface area contributed by atoms with Crippen LogP contribution in [0.3, 0.4) is 0 Å². The third-order valence-electron chi connectivity index (χ3n) is 3.82. The fourth-order valence-corrected chi connectivity index (χ4v) is 3.80. The normalized spacial score (nSPS) is 25.1. The summed E-state index contributed by atoms with van der Waals surface area (Å²) in [6, 6.07) is 2.21. The second kappa shape index (κ2) is 6.91. The molecule has 0 aromatic carbocycles. The predicted molar refractivity (Wildman–Crippen MR) is 79.5 cm³/mol. The Morgan fingerprint density at radius 1 is 1.35 bits per heavy atom. The summed E-state index contributed by atoms with van der Waals surface area (Å²) in [5.74, 6) is 1.95. The molecule has 1 saturated carbocycles. The molecular formula is C14H22BrNS. The number of halogens is 1. The van der Waals surface area contributed by atoms with Crippen LogP contribution in [-0.4, -0.2) is 6.54 Å². The van der Waals surface area contributed by atoms with Gasteiger partial charge in [-0.25, -0.2) is 0 Å². The minimum Gasteiger partial charge on any atom is -0.313 e. The van der Waals surface area contributed by atoms with E-state index in [0.29, 0.717) is 0 Å². The largest absolute Gasteiger partial charge is 0.313 e. The van der Waals surface area contributed by atoms with E-state index in [4.69, 9.17) is 0 Å². The van der Waals surface area contributed by atoms with Crippen LogP contribution in [0.15, 0.2) is 15.2 Å². The van der Waals surface area contributed by atoms with Crippen molar-refractivity contribution in [2.45, 2.75) is 45.6 Å². The first kappa shape index (κ1) is 13.6. The van der Waals surface area contributed by atoms with Crippen molar-refractivity contribution in [2.75, 3.05) is 6.54 Å². The summed E-state index contributed by atoms with van der Waals surface area (Å²) in [6.07, 6.45) is 7.15. The molecule has 1 N–H and O–H groups in total. The maximum absolute atomic E-state index is 3.56. The molecule has 1 aliphatic carbocycles. The maximum atomic E-state index is 3.56. The second-order valence-corrected chi connectivity index (χ2v) is 7.64. The molecule has 2 rings (SSSR count). The van der Waals surface area contributed by atoms with Crippen molar-refractivity contribution in [1.82, 2.24) is 5.32 Å². The van der Waals surface area contributed by atoms with Crippen LogP contribution in [0.1, 0.15) is 44.6 Å². The zero-order valence-corrected chi connectivity index (χ0v) is 12.9. The monoisotopic (exact) mass is 315 g/mol. The van der Waals surface area contributed by atoms with Crippen LogP contribution < -0.4 is 5.32 Å². The average molecular weight is 316 g/mol. The quantitative estimate of drug-likeness (QED) is 0.768. The summed E-state index contributed by atoms with van der Waals surface area (Å²) in [4.78, 5) is 0. The highest BCUT2D eigenvalue weighted by atomic mass is 79.9. The van der Waals surface area contributed by atoms with E-state index in [1.807, 2.05) is 0 Å². The fourth-order valence-electron chi connectivity index (χ4n) is 2.60. The van der Waals surface area contributed by atoms with Gasteiger partial charge < -0.3 is 5.32 Å². The summed E-state index contributed by atoms with van der Waals surface area (Å²) in [5, 5.41) is 5.78. The van der Waals surface area contributed by atoms with Gasteiger partial charge in [0.2, 0.25) is 0 Å². The molecule has 0 amide bonds. The molecule has 96 valence electrons. The molecule has 1 nitrogen and oxygen atoms in total. The van der Waals surface area contributed by atoms with Gasteiger partial charge in [0.1, 0.15) is 0 Å². The summed E-state index contributed by atoms with van der Waals surface area (Å²) >= 11 is 5.27. The summed E-state index contributed by atoms with van der Waals surface area (Å²) < 4.78 is 1.23. The van der Waals surface area contributed by atoms with Crippen molar-refractivity contribution in [3.05, 3.63) is 20.8 Å². The zero-order chi connectivity index (χ0) is 12.1. The topological polar surface area (TPSA) is 12.0 Å². The Labute approximate surface area is 117 Å². The second-order valence-electron chi connectivity index (χ2n) is 5.35. The highest BCUT2D eigenvalue weighted by Crippen LogP contribution is 2.30. The molecule has 0 aliphatic heterocycles. The minimum atomic E-state index is 0.974. The predicted octanol–water partition coefficient (Wildman–Crippen LogP) is 4.82. The highest BCUT2D eigenvalue weighted by molar-refractivity contribution is 9.11. The van der Waals surface area contributed by atoms with Gasteiger partial charge in [-0.3, -0.25) is 0 Å². The lowest BCUT2D eigenvalue weighted by molar-refractivity contribution is 0.275. The lowest BCUT2D eigenvalue weighted by atomic mass is 9.81. The van der Waals surface area contributed by atoms with Gasteiger partial charge in [0.05, 0.1) is 3.79 Å². The van der Waals surface area contributed by atoms with Crippen molar-refractivity contribution in [2.24, 2.45) is 11.8 Å². The molecule has 0 bridgehead atoms. The van der Waals surface area contributed by atoms with E-state index >= 15 is 0 Å². The van der Waals surface area contributed by atoms with Crippen LogP contribution in [0, 0.1) is 11.8 Å². The summed E-state index contributed by atoms with van der Waals surface area (Å²) in [5.41, 5.74) is 1.40. The third kappa shape index (κ3) is 4.72. The molecule has 3 heteroatoms. The molecule has 17 heavy (non-hydrogen) atoms.